The van der Waals surface area contributed by atoms with Crippen LogP contribution in [0.5, 0.6) is 11.5 Å². The van der Waals surface area contributed by atoms with Crippen molar-refractivity contribution in [3.05, 3.63) is 77.5 Å². The molecule has 0 bridgehead atoms. The van der Waals surface area contributed by atoms with Crippen LogP contribution in [0.4, 0.5) is 0 Å². The van der Waals surface area contributed by atoms with Gasteiger partial charge in [0.1, 0.15) is 0 Å². The van der Waals surface area contributed by atoms with Gasteiger partial charge in [-0.25, -0.2) is 9.79 Å². The number of ether oxygens (including phenoxy) is 3. The highest BCUT2D eigenvalue weighted by Gasteiger charge is 2.25. The Morgan fingerprint density at radius 1 is 1.03 bits per heavy atom. The Morgan fingerprint density at radius 2 is 1.81 bits per heavy atom. The summed E-state index contributed by atoms with van der Waals surface area (Å²) in [5, 5.41) is 1.99. The summed E-state index contributed by atoms with van der Waals surface area (Å²) in [4.78, 5) is 28.7. The summed E-state index contributed by atoms with van der Waals surface area (Å²) in [6.45, 7) is 3.51. The zero-order chi connectivity index (χ0) is 22.0. The standard InChI is InChI=1S/C25H21NO5/c1-15(2)24(27)30-21-12-11-16(14-22(21)29-3)13-20-25(28)31-23(26-20)19-10-6-8-17-7-4-5-9-18(17)19/h4-15H,1-3H3/b20-13-. The molecule has 0 amide bonds. The van der Waals surface area contributed by atoms with E-state index in [1.54, 1.807) is 38.1 Å². The molecule has 0 atom stereocenters. The number of cyclic esters (lactones) is 1. The first kappa shape index (κ1) is 20.3. The number of fused-ring (bicyclic) bond motifs is 1. The molecule has 1 aliphatic rings. The van der Waals surface area contributed by atoms with Gasteiger partial charge in [0.05, 0.1) is 13.0 Å². The number of carbonyl (C=O) groups is 2. The lowest BCUT2D eigenvalue weighted by Gasteiger charge is -2.11. The second-order valence-electron chi connectivity index (χ2n) is 7.35. The van der Waals surface area contributed by atoms with Crippen molar-refractivity contribution >= 4 is 34.7 Å². The van der Waals surface area contributed by atoms with Crippen LogP contribution in [-0.2, 0) is 14.3 Å². The van der Waals surface area contributed by atoms with Crippen molar-refractivity contribution in [2.24, 2.45) is 10.9 Å². The summed E-state index contributed by atoms with van der Waals surface area (Å²) in [7, 11) is 1.49. The van der Waals surface area contributed by atoms with Gasteiger partial charge in [-0.05, 0) is 40.6 Å². The minimum atomic E-state index is -0.530. The van der Waals surface area contributed by atoms with Crippen molar-refractivity contribution in [2.45, 2.75) is 13.8 Å². The number of rotatable bonds is 5. The summed E-state index contributed by atoms with van der Waals surface area (Å²) < 4.78 is 16.1. The molecule has 1 aliphatic heterocycles. The lowest BCUT2D eigenvalue weighted by Crippen LogP contribution is -2.15. The van der Waals surface area contributed by atoms with Crippen LogP contribution in [0.25, 0.3) is 16.8 Å². The fourth-order valence-corrected chi connectivity index (χ4v) is 3.18. The van der Waals surface area contributed by atoms with E-state index < -0.39 is 5.97 Å². The van der Waals surface area contributed by atoms with Gasteiger partial charge in [0.2, 0.25) is 5.90 Å². The van der Waals surface area contributed by atoms with Crippen LogP contribution in [0.3, 0.4) is 0 Å². The molecule has 1 heterocycles. The Morgan fingerprint density at radius 3 is 2.58 bits per heavy atom. The second-order valence-corrected chi connectivity index (χ2v) is 7.35. The Labute approximate surface area is 179 Å². The number of hydrogen-bond donors (Lipinski definition) is 0. The van der Waals surface area contributed by atoms with E-state index in [-0.39, 0.29) is 23.5 Å². The van der Waals surface area contributed by atoms with E-state index in [2.05, 4.69) is 4.99 Å². The van der Waals surface area contributed by atoms with E-state index in [9.17, 15) is 9.59 Å². The van der Waals surface area contributed by atoms with Gasteiger partial charge in [-0.3, -0.25) is 4.79 Å². The fraction of sp³-hybridized carbons (Fsp3) is 0.160. The minimum absolute atomic E-state index is 0.178. The van der Waals surface area contributed by atoms with Crippen molar-refractivity contribution in [1.29, 1.82) is 0 Å². The van der Waals surface area contributed by atoms with Gasteiger partial charge < -0.3 is 14.2 Å². The smallest absolute Gasteiger partial charge is 0.363 e. The Bertz CT molecular complexity index is 1230. The molecule has 0 fully saturated rings. The third-order valence-corrected chi connectivity index (χ3v) is 4.81. The molecule has 0 radical (unpaired) electrons. The third-order valence-electron chi connectivity index (χ3n) is 4.81. The number of aliphatic imine (C=N–C) groups is 1. The van der Waals surface area contributed by atoms with E-state index in [0.717, 1.165) is 16.3 Å². The molecule has 156 valence electrons. The Hall–Kier alpha value is -3.93. The largest absolute Gasteiger partial charge is 0.493 e. The molecule has 31 heavy (non-hydrogen) atoms. The molecule has 0 saturated carbocycles. The third kappa shape index (κ3) is 4.19. The van der Waals surface area contributed by atoms with Crippen LogP contribution in [0, 0.1) is 5.92 Å². The SMILES string of the molecule is COc1cc(/C=C2\N=C(c3cccc4ccccc34)OC2=O)ccc1OC(=O)C(C)C. The Kier molecular flexibility index (Phi) is 5.54. The molecule has 4 rings (SSSR count). The number of hydrogen-bond acceptors (Lipinski definition) is 6. The second kappa shape index (κ2) is 8.44. The summed E-state index contributed by atoms with van der Waals surface area (Å²) >= 11 is 0. The van der Waals surface area contributed by atoms with Crippen molar-refractivity contribution in [1.82, 2.24) is 0 Å². The first-order valence-corrected chi connectivity index (χ1v) is 9.86. The topological polar surface area (TPSA) is 74.2 Å². The van der Waals surface area contributed by atoms with Crippen molar-refractivity contribution in [3.8, 4) is 11.5 Å². The summed E-state index contributed by atoms with van der Waals surface area (Å²) in [6, 6.07) is 18.6. The molecule has 0 N–H and O–H groups in total. The van der Waals surface area contributed by atoms with Gasteiger partial charge in [-0.15, -0.1) is 0 Å². The van der Waals surface area contributed by atoms with Gasteiger partial charge in [0, 0.05) is 5.56 Å². The van der Waals surface area contributed by atoms with Gasteiger partial charge in [-0.2, -0.15) is 0 Å². The molecule has 0 aromatic heterocycles. The average molecular weight is 415 g/mol. The fourth-order valence-electron chi connectivity index (χ4n) is 3.18. The maximum Gasteiger partial charge on any atom is 0.363 e. The van der Waals surface area contributed by atoms with Crippen LogP contribution in [0.2, 0.25) is 0 Å². The Balaban J connectivity index is 1.66. The highest BCUT2D eigenvalue weighted by molar-refractivity contribution is 6.17. The normalized spacial score (nSPS) is 14.6. The lowest BCUT2D eigenvalue weighted by molar-refractivity contribution is -0.137. The minimum Gasteiger partial charge on any atom is -0.493 e. The highest BCUT2D eigenvalue weighted by atomic mass is 16.6. The maximum atomic E-state index is 12.4. The molecule has 6 heteroatoms. The first-order valence-electron chi connectivity index (χ1n) is 9.86. The van der Waals surface area contributed by atoms with Crippen LogP contribution < -0.4 is 9.47 Å². The van der Waals surface area contributed by atoms with Crippen LogP contribution in [-0.4, -0.2) is 24.9 Å². The van der Waals surface area contributed by atoms with E-state index in [4.69, 9.17) is 14.2 Å². The molecule has 0 aliphatic carbocycles. The van der Waals surface area contributed by atoms with Gasteiger partial charge >= 0.3 is 11.9 Å². The molecular formula is C25H21NO5. The number of carbonyl (C=O) groups excluding carboxylic acids is 2. The van der Waals surface area contributed by atoms with Crippen LogP contribution in [0.15, 0.2) is 71.4 Å². The predicted octanol–water partition coefficient (Wildman–Crippen LogP) is 4.75. The quantitative estimate of drug-likeness (QED) is 0.341. The van der Waals surface area contributed by atoms with E-state index in [0.29, 0.717) is 17.1 Å². The molecule has 3 aromatic carbocycles. The number of esters is 2. The van der Waals surface area contributed by atoms with Gasteiger partial charge in [-0.1, -0.05) is 56.3 Å². The number of methoxy groups -OCH3 is 1. The summed E-state index contributed by atoms with van der Waals surface area (Å²) in [5.41, 5.74) is 1.59. The van der Waals surface area contributed by atoms with Crippen LogP contribution >= 0.6 is 0 Å². The predicted molar refractivity (Wildman–Crippen MR) is 118 cm³/mol. The zero-order valence-electron chi connectivity index (χ0n) is 17.4. The summed E-state index contributed by atoms with van der Waals surface area (Å²) in [6.07, 6.45) is 1.61. The maximum absolute atomic E-state index is 12.4. The lowest BCUT2D eigenvalue weighted by atomic mass is 10.0. The van der Waals surface area contributed by atoms with Crippen molar-refractivity contribution in [2.75, 3.05) is 7.11 Å². The zero-order valence-corrected chi connectivity index (χ0v) is 17.4. The van der Waals surface area contributed by atoms with Gasteiger partial charge in [0.15, 0.2) is 17.2 Å². The van der Waals surface area contributed by atoms with E-state index in [1.807, 2.05) is 42.5 Å². The molecular weight excluding hydrogens is 394 g/mol. The summed E-state index contributed by atoms with van der Waals surface area (Å²) in [5.74, 6) is -0.181. The average Bonchev–Trinajstić information content (AvgIpc) is 3.14. The van der Waals surface area contributed by atoms with Crippen molar-refractivity contribution in [3.63, 3.8) is 0 Å². The van der Waals surface area contributed by atoms with Crippen molar-refractivity contribution < 1.29 is 23.8 Å². The molecule has 0 spiro atoms. The number of nitrogens with zero attached hydrogens (tertiary/aromatic N) is 1. The first-order chi connectivity index (χ1) is 15.0. The monoisotopic (exact) mass is 415 g/mol. The van der Waals surface area contributed by atoms with Crippen LogP contribution in [0.1, 0.15) is 25.0 Å². The highest BCUT2D eigenvalue weighted by Crippen LogP contribution is 2.31. The molecule has 0 saturated heterocycles. The van der Waals surface area contributed by atoms with Gasteiger partial charge in [0.25, 0.3) is 0 Å². The molecule has 0 unspecified atom stereocenters. The van der Waals surface area contributed by atoms with E-state index in [1.165, 1.54) is 7.11 Å². The molecule has 3 aromatic rings. The molecule has 6 nitrogen and oxygen atoms in total. The number of benzene rings is 3. The van der Waals surface area contributed by atoms with E-state index >= 15 is 0 Å².